The van der Waals surface area contributed by atoms with Gasteiger partial charge in [0.15, 0.2) is 0 Å². The Morgan fingerprint density at radius 2 is 2.14 bits per heavy atom. The van der Waals surface area contributed by atoms with E-state index in [-0.39, 0.29) is 6.10 Å². The van der Waals surface area contributed by atoms with Gasteiger partial charge in [0, 0.05) is 12.4 Å². The van der Waals surface area contributed by atoms with Crippen LogP contribution < -0.4 is 0 Å². The highest BCUT2D eigenvalue weighted by molar-refractivity contribution is 5.22. The smallest absolute Gasteiger partial charge is 0.0838 e. The fourth-order valence-corrected chi connectivity index (χ4v) is 2.02. The third kappa shape index (κ3) is 1.67. The number of pyridine rings is 1. The first-order valence-corrected chi connectivity index (χ1v) is 5.10. The van der Waals surface area contributed by atoms with E-state index in [1.54, 1.807) is 6.20 Å². The van der Waals surface area contributed by atoms with E-state index in [2.05, 4.69) is 18.8 Å². The van der Waals surface area contributed by atoms with Crippen molar-refractivity contribution in [1.82, 2.24) is 4.98 Å². The molecule has 0 amide bonds. The van der Waals surface area contributed by atoms with Crippen molar-refractivity contribution < 1.29 is 5.11 Å². The predicted molar refractivity (Wildman–Crippen MR) is 55.8 cm³/mol. The molecule has 0 aliphatic heterocycles. The lowest BCUT2D eigenvalue weighted by atomic mass is 10.0. The molecule has 1 heterocycles. The number of aliphatic hydroxyl groups is 1. The molecular weight excluding hydrogens is 174 g/mol. The van der Waals surface area contributed by atoms with Gasteiger partial charge in [0.25, 0.3) is 0 Å². The largest absolute Gasteiger partial charge is 0.388 e. The minimum Gasteiger partial charge on any atom is -0.388 e. The molecule has 2 unspecified atom stereocenters. The SMILES string of the molecule is Cc1cncc(C(O)C2CC2(C)C)c1. The summed E-state index contributed by atoms with van der Waals surface area (Å²) in [5, 5.41) is 10.1. The zero-order valence-electron chi connectivity index (χ0n) is 8.99. The summed E-state index contributed by atoms with van der Waals surface area (Å²) in [5.41, 5.74) is 2.38. The van der Waals surface area contributed by atoms with E-state index in [1.807, 2.05) is 19.2 Å². The van der Waals surface area contributed by atoms with Crippen LogP contribution in [0.1, 0.15) is 37.5 Å². The van der Waals surface area contributed by atoms with Crippen molar-refractivity contribution in [1.29, 1.82) is 0 Å². The summed E-state index contributed by atoms with van der Waals surface area (Å²) >= 11 is 0. The molecular formula is C12H17NO. The van der Waals surface area contributed by atoms with E-state index in [0.717, 1.165) is 17.5 Å². The van der Waals surface area contributed by atoms with E-state index in [4.69, 9.17) is 0 Å². The molecule has 1 saturated carbocycles. The van der Waals surface area contributed by atoms with E-state index < -0.39 is 0 Å². The summed E-state index contributed by atoms with van der Waals surface area (Å²) in [6, 6.07) is 2.02. The third-order valence-electron chi connectivity index (χ3n) is 3.21. The Bertz CT molecular complexity index is 346. The van der Waals surface area contributed by atoms with Gasteiger partial charge in [-0.3, -0.25) is 4.98 Å². The maximum Gasteiger partial charge on any atom is 0.0838 e. The van der Waals surface area contributed by atoms with Crippen LogP contribution in [-0.2, 0) is 0 Å². The van der Waals surface area contributed by atoms with Gasteiger partial charge in [-0.2, -0.15) is 0 Å². The molecule has 14 heavy (non-hydrogen) atoms. The molecule has 1 aromatic rings. The number of aryl methyl sites for hydroxylation is 1. The Balaban J connectivity index is 2.16. The van der Waals surface area contributed by atoms with Gasteiger partial charge in [-0.15, -0.1) is 0 Å². The van der Waals surface area contributed by atoms with Crippen molar-refractivity contribution in [3.05, 3.63) is 29.6 Å². The molecule has 2 nitrogen and oxygen atoms in total. The fourth-order valence-electron chi connectivity index (χ4n) is 2.02. The first kappa shape index (κ1) is 9.66. The predicted octanol–water partition coefficient (Wildman–Crippen LogP) is 2.47. The Morgan fingerprint density at radius 1 is 1.50 bits per heavy atom. The van der Waals surface area contributed by atoms with Crippen molar-refractivity contribution in [2.45, 2.75) is 33.3 Å². The highest BCUT2D eigenvalue weighted by Gasteiger charge is 2.50. The van der Waals surface area contributed by atoms with Crippen LogP contribution >= 0.6 is 0 Å². The van der Waals surface area contributed by atoms with Crippen LogP contribution in [0.15, 0.2) is 18.5 Å². The van der Waals surface area contributed by atoms with Gasteiger partial charge in [-0.05, 0) is 35.8 Å². The molecule has 0 spiro atoms. The van der Waals surface area contributed by atoms with E-state index >= 15 is 0 Å². The van der Waals surface area contributed by atoms with Gasteiger partial charge in [0.2, 0.25) is 0 Å². The summed E-state index contributed by atoms with van der Waals surface area (Å²) < 4.78 is 0. The lowest BCUT2D eigenvalue weighted by Crippen LogP contribution is -2.05. The summed E-state index contributed by atoms with van der Waals surface area (Å²) in [5.74, 6) is 0.408. The minimum atomic E-state index is -0.336. The Morgan fingerprint density at radius 3 is 2.64 bits per heavy atom. The van der Waals surface area contributed by atoms with Crippen molar-refractivity contribution >= 4 is 0 Å². The quantitative estimate of drug-likeness (QED) is 0.779. The molecule has 0 aromatic carbocycles. The second kappa shape index (κ2) is 3.06. The number of rotatable bonds is 2. The van der Waals surface area contributed by atoms with Crippen molar-refractivity contribution in [3.63, 3.8) is 0 Å². The zero-order chi connectivity index (χ0) is 10.3. The van der Waals surface area contributed by atoms with Gasteiger partial charge in [-0.25, -0.2) is 0 Å². The van der Waals surface area contributed by atoms with E-state index in [0.29, 0.717) is 11.3 Å². The molecule has 2 atom stereocenters. The zero-order valence-corrected chi connectivity index (χ0v) is 8.99. The molecule has 1 aromatic heterocycles. The third-order valence-corrected chi connectivity index (χ3v) is 3.21. The van der Waals surface area contributed by atoms with Crippen LogP contribution in [0.4, 0.5) is 0 Å². The number of hydrogen-bond donors (Lipinski definition) is 1. The van der Waals surface area contributed by atoms with E-state index in [1.165, 1.54) is 0 Å². The second-order valence-electron chi connectivity index (χ2n) is 5.04. The normalized spacial score (nSPS) is 25.9. The molecule has 76 valence electrons. The molecule has 0 bridgehead atoms. The highest BCUT2D eigenvalue weighted by atomic mass is 16.3. The van der Waals surface area contributed by atoms with Crippen LogP contribution in [0.3, 0.4) is 0 Å². The average Bonchev–Trinajstić information content (AvgIpc) is 2.74. The van der Waals surface area contributed by atoms with Crippen LogP contribution in [0.25, 0.3) is 0 Å². The number of hydrogen-bond acceptors (Lipinski definition) is 2. The molecule has 1 N–H and O–H groups in total. The molecule has 1 aliphatic carbocycles. The van der Waals surface area contributed by atoms with Gasteiger partial charge >= 0.3 is 0 Å². The van der Waals surface area contributed by atoms with Crippen LogP contribution in [-0.4, -0.2) is 10.1 Å². The minimum absolute atomic E-state index is 0.309. The second-order valence-corrected chi connectivity index (χ2v) is 5.04. The maximum absolute atomic E-state index is 10.1. The topological polar surface area (TPSA) is 33.1 Å². The molecule has 1 fully saturated rings. The van der Waals surface area contributed by atoms with E-state index in [9.17, 15) is 5.11 Å². The van der Waals surface area contributed by atoms with Crippen molar-refractivity contribution in [2.75, 3.05) is 0 Å². The molecule has 1 aliphatic rings. The molecule has 0 saturated heterocycles. The van der Waals surface area contributed by atoms with Gasteiger partial charge in [-0.1, -0.05) is 19.9 Å². The number of aliphatic hydroxyl groups excluding tert-OH is 1. The number of aromatic nitrogens is 1. The van der Waals surface area contributed by atoms with Gasteiger partial charge < -0.3 is 5.11 Å². The van der Waals surface area contributed by atoms with Crippen molar-refractivity contribution in [3.8, 4) is 0 Å². The van der Waals surface area contributed by atoms with Crippen LogP contribution in [0, 0.1) is 18.3 Å². The first-order valence-electron chi connectivity index (χ1n) is 5.10. The van der Waals surface area contributed by atoms with Gasteiger partial charge in [0.05, 0.1) is 6.10 Å². The molecule has 2 heteroatoms. The maximum atomic E-state index is 10.1. The standard InChI is InChI=1S/C12H17NO/c1-8-4-9(7-13-6-8)11(14)10-5-12(10,2)3/h4,6-7,10-11,14H,5H2,1-3H3. The monoisotopic (exact) mass is 191 g/mol. The molecule has 2 rings (SSSR count). The number of nitrogens with zero attached hydrogens (tertiary/aromatic N) is 1. The van der Waals surface area contributed by atoms with Crippen molar-refractivity contribution in [2.24, 2.45) is 11.3 Å². The first-order chi connectivity index (χ1) is 6.50. The Labute approximate surface area is 85.0 Å². The highest BCUT2D eigenvalue weighted by Crippen LogP contribution is 2.57. The Hall–Kier alpha value is -0.890. The summed E-state index contributed by atoms with van der Waals surface area (Å²) in [6.45, 7) is 6.40. The summed E-state index contributed by atoms with van der Waals surface area (Å²) in [4.78, 5) is 4.10. The van der Waals surface area contributed by atoms with Gasteiger partial charge in [0.1, 0.15) is 0 Å². The lowest BCUT2D eigenvalue weighted by Gasteiger charge is -2.12. The Kier molecular flexibility index (Phi) is 2.11. The molecule has 0 radical (unpaired) electrons. The average molecular weight is 191 g/mol. The van der Waals surface area contributed by atoms with Crippen LogP contribution in [0.2, 0.25) is 0 Å². The fraction of sp³-hybridized carbons (Fsp3) is 0.583. The summed E-state index contributed by atoms with van der Waals surface area (Å²) in [6.07, 6.45) is 4.36. The van der Waals surface area contributed by atoms with Crippen LogP contribution in [0.5, 0.6) is 0 Å². The lowest BCUT2D eigenvalue weighted by molar-refractivity contribution is 0.138. The summed E-state index contributed by atoms with van der Waals surface area (Å²) in [7, 11) is 0.